The van der Waals surface area contributed by atoms with Gasteiger partial charge in [-0.15, -0.1) is 0 Å². The van der Waals surface area contributed by atoms with Gasteiger partial charge in [0.15, 0.2) is 0 Å². The highest BCUT2D eigenvalue weighted by Gasteiger charge is 2.12. The molecule has 102 valence electrons. The lowest BCUT2D eigenvalue weighted by atomic mass is 10.0. The standard InChI is InChI=1S/C15H25ClN2/c1-12(2)9-14(11-18(3)4)17-10-13-7-5-6-8-15(13)16/h5-8,12,14,17H,9-11H2,1-4H3. The Balaban J connectivity index is 2.53. The lowest BCUT2D eigenvalue weighted by Crippen LogP contribution is -2.38. The van der Waals surface area contributed by atoms with Crippen LogP contribution in [0.25, 0.3) is 0 Å². The van der Waals surface area contributed by atoms with Crippen molar-refractivity contribution < 1.29 is 0 Å². The maximum Gasteiger partial charge on any atom is 0.0450 e. The summed E-state index contributed by atoms with van der Waals surface area (Å²) in [6.45, 7) is 6.42. The summed E-state index contributed by atoms with van der Waals surface area (Å²) in [7, 11) is 4.23. The second-order valence-electron chi connectivity index (χ2n) is 5.56. The van der Waals surface area contributed by atoms with Crippen LogP contribution in [0.3, 0.4) is 0 Å². The third-order valence-electron chi connectivity index (χ3n) is 2.88. The third-order valence-corrected chi connectivity index (χ3v) is 3.25. The van der Waals surface area contributed by atoms with E-state index >= 15 is 0 Å². The SMILES string of the molecule is CC(C)CC(CN(C)C)NCc1ccccc1Cl. The molecular weight excluding hydrogens is 244 g/mol. The van der Waals surface area contributed by atoms with Gasteiger partial charge in [0.25, 0.3) is 0 Å². The van der Waals surface area contributed by atoms with Crippen molar-refractivity contribution in [3.8, 4) is 0 Å². The van der Waals surface area contributed by atoms with Crippen LogP contribution in [0.1, 0.15) is 25.8 Å². The first kappa shape index (κ1) is 15.5. The first-order valence-electron chi connectivity index (χ1n) is 6.60. The van der Waals surface area contributed by atoms with Crippen LogP contribution >= 0.6 is 11.6 Å². The summed E-state index contributed by atoms with van der Waals surface area (Å²) in [5.74, 6) is 0.702. The monoisotopic (exact) mass is 268 g/mol. The molecule has 0 fully saturated rings. The van der Waals surface area contributed by atoms with Crippen molar-refractivity contribution in [2.75, 3.05) is 20.6 Å². The van der Waals surface area contributed by atoms with Crippen molar-refractivity contribution >= 4 is 11.6 Å². The van der Waals surface area contributed by atoms with E-state index in [1.807, 2.05) is 18.2 Å². The van der Waals surface area contributed by atoms with Crippen molar-refractivity contribution in [2.45, 2.75) is 32.9 Å². The fourth-order valence-electron chi connectivity index (χ4n) is 2.13. The van der Waals surface area contributed by atoms with Crippen LogP contribution in [-0.2, 0) is 6.54 Å². The topological polar surface area (TPSA) is 15.3 Å². The Morgan fingerprint density at radius 2 is 1.89 bits per heavy atom. The summed E-state index contributed by atoms with van der Waals surface area (Å²) in [5, 5.41) is 4.46. The summed E-state index contributed by atoms with van der Waals surface area (Å²) in [6.07, 6.45) is 1.18. The summed E-state index contributed by atoms with van der Waals surface area (Å²) in [6, 6.07) is 8.54. The van der Waals surface area contributed by atoms with Gasteiger partial charge in [-0.25, -0.2) is 0 Å². The Morgan fingerprint density at radius 3 is 2.44 bits per heavy atom. The van der Waals surface area contributed by atoms with Crippen molar-refractivity contribution in [2.24, 2.45) is 5.92 Å². The minimum Gasteiger partial charge on any atom is -0.309 e. The molecule has 1 rings (SSSR count). The van der Waals surface area contributed by atoms with Crippen LogP contribution in [0, 0.1) is 5.92 Å². The van der Waals surface area contributed by atoms with Crippen molar-refractivity contribution in [3.05, 3.63) is 34.9 Å². The molecule has 0 aliphatic rings. The van der Waals surface area contributed by atoms with E-state index in [1.54, 1.807) is 0 Å². The molecule has 0 aliphatic heterocycles. The second-order valence-corrected chi connectivity index (χ2v) is 5.97. The quantitative estimate of drug-likeness (QED) is 0.815. The van der Waals surface area contributed by atoms with E-state index in [2.05, 4.69) is 44.2 Å². The van der Waals surface area contributed by atoms with Gasteiger partial charge >= 0.3 is 0 Å². The Kier molecular flexibility index (Phi) is 6.69. The van der Waals surface area contributed by atoms with Crippen LogP contribution in [0.4, 0.5) is 0 Å². The Bertz CT molecular complexity index is 340. The van der Waals surface area contributed by atoms with Crippen LogP contribution in [-0.4, -0.2) is 31.6 Å². The largest absolute Gasteiger partial charge is 0.309 e. The fourth-order valence-corrected chi connectivity index (χ4v) is 2.33. The first-order chi connectivity index (χ1) is 8.49. The van der Waals surface area contributed by atoms with E-state index in [0.29, 0.717) is 12.0 Å². The molecule has 1 atom stereocenters. The van der Waals surface area contributed by atoms with E-state index < -0.39 is 0 Å². The molecule has 0 bridgehead atoms. The fraction of sp³-hybridized carbons (Fsp3) is 0.600. The van der Waals surface area contributed by atoms with E-state index in [4.69, 9.17) is 11.6 Å². The van der Waals surface area contributed by atoms with E-state index in [0.717, 1.165) is 18.1 Å². The smallest absolute Gasteiger partial charge is 0.0450 e. The van der Waals surface area contributed by atoms with Gasteiger partial charge in [0.05, 0.1) is 0 Å². The lowest BCUT2D eigenvalue weighted by molar-refractivity contribution is 0.305. The molecule has 0 amide bonds. The van der Waals surface area contributed by atoms with Gasteiger partial charge in [-0.05, 0) is 38.1 Å². The number of halogens is 1. The highest BCUT2D eigenvalue weighted by Crippen LogP contribution is 2.15. The van der Waals surface area contributed by atoms with Crippen LogP contribution < -0.4 is 5.32 Å². The predicted molar refractivity (Wildman–Crippen MR) is 80.1 cm³/mol. The zero-order valence-electron chi connectivity index (χ0n) is 11.9. The first-order valence-corrected chi connectivity index (χ1v) is 6.98. The summed E-state index contributed by atoms with van der Waals surface area (Å²) < 4.78 is 0. The number of hydrogen-bond donors (Lipinski definition) is 1. The Labute approximate surface area is 116 Å². The molecule has 0 aliphatic carbocycles. The molecule has 1 unspecified atom stereocenters. The van der Waals surface area contributed by atoms with Crippen molar-refractivity contribution in [3.63, 3.8) is 0 Å². The third kappa shape index (κ3) is 5.85. The molecule has 1 N–H and O–H groups in total. The molecule has 0 saturated carbocycles. The number of rotatable bonds is 7. The summed E-state index contributed by atoms with van der Waals surface area (Å²) in [4.78, 5) is 2.23. The number of nitrogens with one attached hydrogen (secondary N) is 1. The molecular formula is C15H25ClN2. The molecule has 0 heterocycles. The number of benzene rings is 1. The van der Waals surface area contributed by atoms with E-state index in [-0.39, 0.29) is 0 Å². The average molecular weight is 269 g/mol. The molecule has 0 spiro atoms. The summed E-state index contributed by atoms with van der Waals surface area (Å²) >= 11 is 6.17. The number of hydrogen-bond acceptors (Lipinski definition) is 2. The van der Waals surface area contributed by atoms with Crippen LogP contribution in [0.2, 0.25) is 5.02 Å². The van der Waals surface area contributed by atoms with Gasteiger partial charge in [-0.1, -0.05) is 43.6 Å². The maximum absolute atomic E-state index is 6.17. The van der Waals surface area contributed by atoms with Crippen LogP contribution in [0.5, 0.6) is 0 Å². The maximum atomic E-state index is 6.17. The van der Waals surface area contributed by atoms with E-state index in [9.17, 15) is 0 Å². The molecule has 1 aromatic carbocycles. The lowest BCUT2D eigenvalue weighted by Gasteiger charge is -2.24. The average Bonchev–Trinajstić information content (AvgIpc) is 2.26. The van der Waals surface area contributed by atoms with Gasteiger partial charge < -0.3 is 10.2 Å². The highest BCUT2D eigenvalue weighted by molar-refractivity contribution is 6.31. The van der Waals surface area contributed by atoms with Crippen molar-refractivity contribution in [1.29, 1.82) is 0 Å². The molecule has 1 aromatic rings. The van der Waals surface area contributed by atoms with Gasteiger partial charge in [0.1, 0.15) is 0 Å². The molecule has 3 heteroatoms. The second kappa shape index (κ2) is 7.78. The molecule has 2 nitrogen and oxygen atoms in total. The normalized spacial score (nSPS) is 13.3. The summed E-state index contributed by atoms with van der Waals surface area (Å²) in [5.41, 5.74) is 1.17. The highest BCUT2D eigenvalue weighted by atomic mass is 35.5. The van der Waals surface area contributed by atoms with Gasteiger partial charge in [0.2, 0.25) is 0 Å². The zero-order valence-corrected chi connectivity index (χ0v) is 12.7. The molecule has 0 radical (unpaired) electrons. The van der Waals surface area contributed by atoms with Gasteiger partial charge in [0, 0.05) is 24.2 Å². The Morgan fingerprint density at radius 1 is 1.22 bits per heavy atom. The number of nitrogens with zero attached hydrogens (tertiary/aromatic N) is 1. The van der Waals surface area contributed by atoms with Crippen LogP contribution in [0.15, 0.2) is 24.3 Å². The predicted octanol–water partition coefficient (Wildman–Crippen LogP) is 3.41. The Hall–Kier alpha value is -0.570. The minimum atomic E-state index is 0.510. The molecule has 18 heavy (non-hydrogen) atoms. The van der Waals surface area contributed by atoms with E-state index in [1.165, 1.54) is 12.0 Å². The molecule has 0 saturated heterocycles. The van der Waals surface area contributed by atoms with Crippen molar-refractivity contribution in [1.82, 2.24) is 10.2 Å². The zero-order chi connectivity index (χ0) is 13.5. The number of likely N-dealkylation sites (N-methyl/N-ethyl adjacent to an activating group) is 1. The molecule has 0 aromatic heterocycles. The van der Waals surface area contributed by atoms with Gasteiger partial charge in [-0.3, -0.25) is 0 Å². The minimum absolute atomic E-state index is 0.510. The van der Waals surface area contributed by atoms with Gasteiger partial charge in [-0.2, -0.15) is 0 Å².